The van der Waals surface area contributed by atoms with Crippen LogP contribution in [-0.2, 0) is 27.4 Å². The van der Waals surface area contributed by atoms with Crippen molar-refractivity contribution in [2.75, 3.05) is 33.2 Å². The second kappa shape index (κ2) is 9.56. The lowest BCUT2D eigenvalue weighted by Gasteiger charge is -2.38. The van der Waals surface area contributed by atoms with E-state index in [9.17, 15) is 12.6 Å². The van der Waals surface area contributed by atoms with Crippen LogP contribution < -0.4 is 4.72 Å². The molecule has 1 N–H and O–H groups in total. The Morgan fingerprint density at radius 1 is 1.00 bits per heavy atom. The number of benzene rings is 1. The largest absolute Gasteiger partial charge is 0.304 e. The average Bonchev–Trinajstić information content (AvgIpc) is 2.95. The molecule has 1 aromatic rings. The molecule has 164 valence electrons. The number of likely N-dealkylation sites (N-methyl/N-ethyl adjacent to an activating group) is 1. The van der Waals surface area contributed by atoms with Gasteiger partial charge in [0.1, 0.15) is 11.0 Å². The second-order valence-electron chi connectivity index (χ2n) is 8.22. The smallest absolute Gasteiger partial charge is 0.243 e. The molecule has 0 amide bonds. The summed E-state index contributed by atoms with van der Waals surface area (Å²) in [4.78, 5) is 3.03. The lowest BCUT2D eigenvalue weighted by atomic mass is 9.84. The van der Waals surface area contributed by atoms with Gasteiger partial charge in [0.05, 0.1) is 9.79 Å². The summed E-state index contributed by atoms with van der Waals surface area (Å²) in [7, 11) is -2.89. The molecule has 8 heteroatoms. The van der Waals surface area contributed by atoms with Gasteiger partial charge < -0.3 is 4.90 Å². The minimum absolute atomic E-state index is 0.0911. The molecule has 2 aliphatic heterocycles. The van der Waals surface area contributed by atoms with Gasteiger partial charge in [-0.15, -0.1) is 0 Å². The van der Waals surface area contributed by atoms with Gasteiger partial charge in [0.25, 0.3) is 0 Å². The third-order valence-corrected chi connectivity index (χ3v) is 9.53. The molecule has 1 saturated heterocycles. The molecule has 2 fully saturated rings. The summed E-state index contributed by atoms with van der Waals surface area (Å²) in [5.74, 6) is 0. The molecule has 0 aromatic heterocycles. The molecular weight excluding hydrogens is 406 g/mol. The van der Waals surface area contributed by atoms with Gasteiger partial charge in [-0.2, -0.15) is 4.31 Å². The molecule has 1 unspecified atom stereocenters. The Hall–Kier alpha value is -0.800. The van der Waals surface area contributed by atoms with Gasteiger partial charge in [0, 0.05) is 31.7 Å². The number of sulfonamides is 1. The Morgan fingerprint density at radius 3 is 2.24 bits per heavy atom. The zero-order valence-corrected chi connectivity index (χ0v) is 19.6. The highest BCUT2D eigenvalue weighted by molar-refractivity contribution is 7.89. The Balaban J connectivity index is 0.00000117. The van der Waals surface area contributed by atoms with Crippen LogP contribution in [0.5, 0.6) is 0 Å². The first-order chi connectivity index (χ1) is 13.9. The van der Waals surface area contributed by atoms with Gasteiger partial charge in [-0.25, -0.2) is 17.3 Å². The predicted molar refractivity (Wildman–Crippen MR) is 118 cm³/mol. The van der Waals surface area contributed by atoms with Gasteiger partial charge in [0.15, 0.2) is 0 Å². The molecule has 1 aromatic carbocycles. The topological polar surface area (TPSA) is 69.7 Å². The number of hydrogen-bond donors (Lipinski definition) is 1. The van der Waals surface area contributed by atoms with Crippen molar-refractivity contribution in [3.05, 3.63) is 23.8 Å². The van der Waals surface area contributed by atoms with Crippen molar-refractivity contribution in [3.8, 4) is 0 Å². The van der Waals surface area contributed by atoms with Crippen LogP contribution in [0.3, 0.4) is 0 Å². The minimum atomic E-state index is -3.54. The lowest BCUT2D eigenvalue weighted by Crippen LogP contribution is -2.50. The van der Waals surface area contributed by atoms with E-state index in [4.69, 9.17) is 0 Å². The fourth-order valence-corrected chi connectivity index (χ4v) is 7.44. The molecule has 6 nitrogen and oxygen atoms in total. The summed E-state index contributed by atoms with van der Waals surface area (Å²) in [5, 5.41) is 0. The van der Waals surface area contributed by atoms with Gasteiger partial charge in [-0.1, -0.05) is 45.6 Å². The molecule has 1 spiro atoms. The lowest BCUT2D eigenvalue weighted by molar-refractivity contribution is 0.222. The highest BCUT2D eigenvalue weighted by atomic mass is 32.2. The summed E-state index contributed by atoms with van der Waals surface area (Å²) in [6.45, 7) is 6.47. The van der Waals surface area contributed by atoms with E-state index in [2.05, 4.69) is 9.62 Å². The Morgan fingerprint density at radius 2 is 1.62 bits per heavy atom. The maximum Gasteiger partial charge on any atom is 0.243 e. The number of nitrogens with zero attached hydrogens (tertiary/aromatic N) is 2. The fourth-order valence-electron chi connectivity index (χ4n) is 4.53. The number of nitrogens with one attached hydrogen (secondary N) is 1. The summed E-state index contributed by atoms with van der Waals surface area (Å²) in [6.07, 6.45) is 7.73. The first kappa shape index (κ1) is 22.9. The van der Waals surface area contributed by atoms with Gasteiger partial charge >= 0.3 is 0 Å². The van der Waals surface area contributed by atoms with E-state index in [-0.39, 0.29) is 10.4 Å². The molecule has 4 rings (SSSR count). The third kappa shape index (κ3) is 4.93. The molecule has 0 bridgehead atoms. The molecule has 1 saturated carbocycles. The van der Waals surface area contributed by atoms with E-state index < -0.39 is 21.0 Å². The fraction of sp³-hybridized carbons (Fsp3) is 0.714. The first-order valence-corrected chi connectivity index (χ1v) is 13.5. The monoisotopic (exact) mass is 441 g/mol. The van der Waals surface area contributed by atoms with Crippen molar-refractivity contribution in [2.45, 2.75) is 74.1 Å². The highest BCUT2D eigenvalue weighted by Gasteiger charge is 2.38. The molecule has 3 aliphatic rings. The molecule has 1 atom stereocenters. The summed E-state index contributed by atoms with van der Waals surface area (Å²) >= 11 is 0. The van der Waals surface area contributed by atoms with E-state index in [1.807, 2.05) is 27.0 Å². The first-order valence-electron chi connectivity index (χ1n) is 10.9. The number of fused-ring (bicyclic) bond motifs is 1. The predicted octanol–water partition coefficient (Wildman–Crippen LogP) is 2.91. The van der Waals surface area contributed by atoms with Crippen LogP contribution in [0.15, 0.2) is 28.0 Å². The quantitative estimate of drug-likeness (QED) is 0.766. The van der Waals surface area contributed by atoms with E-state index in [0.29, 0.717) is 18.0 Å². The summed E-state index contributed by atoms with van der Waals surface area (Å²) in [5.41, 5.74) is 0.943. The Kier molecular flexibility index (Phi) is 7.54. The van der Waals surface area contributed by atoms with Gasteiger partial charge in [-0.05, 0) is 44.0 Å². The molecule has 0 radical (unpaired) electrons. The van der Waals surface area contributed by atoms with E-state index in [0.717, 1.165) is 50.8 Å². The second-order valence-corrected chi connectivity index (χ2v) is 11.3. The number of hydrogen-bond acceptors (Lipinski definition) is 4. The zero-order chi connectivity index (χ0) is 21.1. The van der Waals surface area contributed by atoms with Gasteiger partial charge in [0.2, 0.25) is 10.0 Å². The molecule has 29 heavy (non-hydrogen) atoms. The van der Waals surface area contributed by atoms with Crippen molar-refractivity contribution < 1.29 is 12.6 Å². The molecular formula is C21H35N3O3S2. The minimum Gasteiger partial charge on any atom is -0.304 e. The van der Waals surface area contributed by atoms with Crippen molar-refractivity contribution in [1.29, 1.82) is 0 Å². The SMILES string of the molecule is CC.CN1CCN(S(=O)(=O)c2ccc3c(c2)S(=O)NC2(CCCCCC2)C3)CC1. The highest BCUT2D eigenvalue weighted by Crippen LogP contribution is 2.36. The maximum absolute atomic E-state index is 13.0. The standard InChI is InChI=1S/C19H29N3O3S2.C2H6/c1-21-10-12-22(13-11-21)27(24,25)17-7-6-16-15-19(8-4-2-3-5-9-19)20-26(23)18(16)14-17;1-2/h6-7,14,20H,2-5,8-13,15H2,1H3;1-2H3. The van der Waals surface area contributed by atoms with Crippen LogP contribution in [0.2, 0.25) is 0 Å². The van der Waals surface area contributed by atoms with Crippen LogP contribution in [-0.4, -0.2) is 60.6 Å². The van der Waals surface area contributed by atoms with E-state index in [1.54, 1.807) is 16.4 Å². The van der Waals surface area contributed by atoms with Crippen LogP contribution in [0, 0.1) is 0 Å². The van der Waals surface area contributed by atoms with Crippen molar-refractivity contribution >= 4 is 21.0 Å². The van der Waals surface area contributed by atoms with Crippen LogP contribution in [0.1, 0.15) is 57.9 Å². The van der Waals surface area contributed by atoms with E-state index in [1.165, 1.54) is 12.8 Å². The normalized spacial score (nSPS) is 25.6. The van der Waals surface area contributed by atoms with Crippen LogP contribution in [0.25, 0.3) is 0 Å². The Labute approximate surface area is 178 Å². The number of piperazine rings is 1. The number of rotatable bonds is 2. The molecule has 2 heterocycles. The third-order valence-electron chi connectivity index (χ3n) is 6.24. The maximum atomic E-state index is 13.0. The van der Waals surface area contributed by atoms with Crippen molar-refractivity contribution in [3.63, 3.8) is 0 Å². The zero-order valence-electron chi connectivity index (χ0n) is 17.9. The van der Waals surface area contributed by atoms with Crippen molar-refractivity contribution in [1.82, 2.24) is 13.9 Å². The van der Waals surface area contributed by atoms with Crippen molar-refractivity contribution in [2.24, 2.45) is 0 Å². The average molecular weight is 442 g/mol. The van der Waals surface area contributed by atoms with Crippen LogP contribution in [0.4, 0.5) is 0 Å². The Bertz CT molecular complexity index is 826. The van der Waals surface area contributed by atoms with E-state index >= 15 is 0 Å². The summed E-state index contributed by atoms with van der Waals surface area (Å²) < 4.78 is 43.9. The van der Waals surface area contributed by atoms with Crippen LogP contribution >= 0.6 is 0 Å². The summed E-state index contributed by atoms with van der Waals surface area (Å²) in [6, 6.07) is 5.23. The molecule has 1 aliphatic carbocycles. The van der Waals surface area contributed by atoms with Gasteiger partial charge in [-0.3, -0.25) is 0 Å².